The second kappa shape index (κ2) is 12.5. The van der Waals surface area contributed by atoms with Crippen molar-refractivity contribution < 1.29 is 19.7 Å². The van der Waals surface area contributed by atoms with Crippen LogP contribution < -0.4 is 4.74 Å². The molecule has 1 saturated carbocycles. The van der Waals surface area contributed by atoms with E-state index < -0.39 is 12.4 Å². The number of imidazole rings is 1. The minimum absolute atomic E-state index is 0.188. The fourth-order valence-electron chi connectivity index (χ4n) is 4.08. The molecule has 2 aromatic heterocycles. The van der Waals surface area contributed by atoms with E-state index in [1.165, 1.54) is 18.9 Å². The van der Waals surface area contributed by atoms with Crippen LogP contribution in [0.25, 0.3) is 11.8 Å². The molecular weight excluding hydrogens is 474 g/mol. The Balaban J connectivity index is 1.71. The second-order valence-electron chi connectivity index (χ2n) is 8.48. The molecule has 36 heavy (non-hydrogen) atoms. The van der Waals surface area contributed by atoms with Crippen LogP contribution in [0.2, 0.25) is 0 Å². The monoisotopic (exact) mass is 503 g/mol. The molecule has 0 atom stereocenters. The van der Waals surface area contributed by atoms with Gasteiger partial charge < -0.3 is 14.9 Å². The van der Waals surface area contributed by atoms with Gasteiger partial charge in [0.2, 0.25) is 0 Å². The van der Waals surface area contributed by atoms with E-state index in [4.69, 9.17) is 14.8 Å². The number of aryl methyl sites for hydroxylation is 1. The number of aliphatic hydroxyl groups excluding tert-OH is 2. The first kappa shape index (κ1) is 25.7. The first-order valence-electron chi connectivity index (χ1n) is 11.9. The Hall–Kier alpha value is -3.38. The normalized spacial score (nSPS) is 13.6. The largest absolute Gasteiger partial charge is 0.487 e. The zero-order valence-corrected chi connectivity index (χ0v) is 21.0. The molecule has 1 fully saturated rings. The predicted octanol–water partition coefficient (Wildman–Crippen LogP) is 4.11. The molecule has 0 radical (unpaired) electrons. The summed E-state index contributed by atoms with van der Waals surface area (Å²) < 4.78 is 8.24. The van der Waals surface area contributed by atoms with Crippen molar-refractivity contribution in [3.63, 3.8) is 0 Å². The smallest absolute Gasteiger partial charge is 0.181 e. The summed E-state index contributed by atoms with van der Waals surface area (Å²) in [7, 11) is 0. The van der Waals surface area contributed by atoms with E-state index in [9.17, 15) is 9.90 Å². The highest BCUT2D eigenvalue weighted by Gasteiger charge is 2.24. The third-order valence-corrected chi connectivity index (χ3v) is 7.20. The third kappa shape index (κ3) is 6.43. The quantitative estimate of drug-likeness (QED) is 0.335. The molecule has 2 heterocycles. The molecule has 0 saturated heterocycles. The van der Waals surface area contributed by atoms with Crippen LogP contribution in [-0.4, -0.2) is 49.0 Å². The molecular formula is C28H29N3O4S. The van der Waals surface area contributed by atoms with E-state index in [1.54, 1.807) is 30.2 Å². The Morgan fingerprint density at radius 3 is 2.81 bits per heavy atom. The van der Waals surface area contributed by atoms with Crippen LogP contribution in [0.4, 0.5) is 0 Å². The number of ketones is 1. The van der Waals surface area contributed by atoms with Crippen molar-refractivity contribution >= 4 is 23.6 Å². The number of nitrogens with zero attached hydrogens (tertiary/aromatic N) is 3. The highest BCUT2D eigenvalue weighted by Crippen LogP contribution is 2.37. The van der Waals surface area contributed by atoms with Gasteiger partial charge in [0.1, 0.15) is 25.6 Å². The summed E-state index contributed by atoms with van der Waals surface area (Å²) in [4.78, 5) is 21.0. The lowest BCUT2D eigenvalue weighted by atomic mass is 10.1. The van der Waals surface area contributed by atoms with Gasteiger partial charge >= 0.3 is 0 Å². The van der Waals surface area contributed by atoms with Gasteiger partial charge in [-0.15, -0.1) is 0 Å². The van der Waals surface area contributed by atoms with Crippen LogP contribution in [0.1, 0.15) is 48.2 Å². The average Bonchev–Trinajstić information content (AvgIpc) is 3.53. The molecule has 0 aliphatic heterocycles. The third-order valence-electron chi connectivity index (χ3n) is 5.91. The van der Waals surface area contributed by atoms with Crippen LogP contribution >= 0.6 is 11.8 Å². The van der Waals surface area contributed by atoms with E-state index >= 15 is 0 Å². The van der Waals surface area contributed by atoms with Crippen LogP contribution in [0, 0.1) is 18.8 Å². The van der Waals surface area contributed by atoms with Gasteiger partial charge in [0.05, 0.1) is 23.3 Å². The lowest BCUT2D eigenvalue weighted by Crippen LogP contribution is -2.08. The average molecular weight is 504 g/mol. The van der Waals surface area contributed by atoms with Crippen LogP contribution in [0.15, 0.2) is 54.0 Å². The Kier molecular flexibility index (Phi) is 8.95. The maximum atomic E-state index is 11.8. The molecule has 186 valence electrons. The van der Waals surface area contributed by atoms with E-state index in [2.05, 4.69) is 16.8 Å². The minimum Gasteiger partial charge on any atom is -0.487 e. The van der Waals surface area contributed by atoms with Gasteiger partial charge in [-0.25, -0.2) is 4.98 Å². The van der Waals surface area contributed by atoms with Gasteiger partial charge in [-0.05, 0) is 67.8 Å². The molecule has 1 aliphatic carbocycles. The number of aromatic nitrogens is 3. The summed E-state index contributed by atoms with van der Waals surface area (Å²) in [6.45, 7) is 1.41. The molecule has 0 amide bonds. The van der Waals surface area contributed by atoms with Gasteiger partial charge in [-0.2, -0.15) is 0 Å². The highest BCUT2D eigenvalue weighted by atomic mass is 32.2. The maximum Gasteiger partial charge on any atom is 0.181 e. The summed E-state index contributed by atoms with van der Waals surface area (Å²) in [6.07, 6.45) is 11.2. The Bertz CT molecular complexity index is 1290. The molecule has 1 aliphatic rings. The molecule has 8 heteroatoms. The van der Waals surface area contributed by atoms with Crippen LogP contribution in [0.3, 0.4) is 0 Å². The van der Waals surface area contributed by atoms with E-state index in [1.807, 2.05) is 41.8 Å². The summed E-state index contributed by atoms with van der Waals surface area (Å²) in [6, 6.07) is 9.48. The number of rotatable bonds is 9. The molecule has 1 aromatic carbocycles. The van der Waals surface area contributed by atoms with Gasteiger partial charge in [-0.3, -0.25) is 14.3 Å². The highest BCUT2D eigenvalue weighted by molar-refractivity contribution is 7.99. The summed E-state index contributed by atoms with van der Waals surface area (Å²) in [5.74, 6) is 5.88. The zero-order valence-electron chi connectivity index (χ0n) is 20.2. The van der Waals surface area contributed by atoms with Gasteiger partial charge in [0, 0.05) is 17.0 Å². The van der Waals surface area contributed by atoms with E-state index in [0.29, 0.717) is 16.7 Å². The number of carbonyl (C=O) groups is 1. The molecule has 2 N–H and O–H groups in total. The standard InChI is InChI=1S/C28H29N3O4S/c1-20-16-24(12-10-21(20)6-5-15-32)35-19-27-26(13-11-23(34)18-33)30-28(36-25-8-2-3-9-25)31(27)22-7-4-14-29-17-22/h4,7,10-14,16-17,25,32-33H,2-3,8-9,15,18-19H2,1H3/b13-11+. The molecule has 7 nitrogen and oxygen atoms in total. The Morgan fingerprint density at radius 1 is 1.28 bits per heavy atom. The number of hydrogen-bond acceptors (Lipinski definition) is 7. The number of carbonyl (C=O) groups excluding carboxylic acids is 1. The number of hydrogen-bond donors (Lipinski definition) is 2. The zero-order chi connectivity index (χ0) is 25.3. The first-order chi connectivity index (χ1) is 17.6. The molecule has 3 aromatic rings. The number of ether oxygens (including phenoxy) is 1. The Labute approximate surface area is 215 Å². The molecule has 0 unspecified atom stereocenters. The molecule has 4 rings (SSSR count). The SMILES string of the molecule is Cc1cc(OCc2c(/C=C/C(=O)CO)nc(SC3CCCC3)n2-c2cccnc2)ccc1C#CCO. The number of pyridine rings is 1. The maximum absolute atomic E-state index is 11.8. The van der Waals surface area contributed by atoms with Crippen molar-refractivity contribution in [2.45, 2.75) is 49.6 Å². The molecule has 0 bridgehead atoms. The van der Waals surface area contributed by atoms with Crippen molar-refractivity contribution in [3.8, 4) is 23.3 Å². The predicted molar refractivity (Wildman–Crippen MR) is 140 cm³/mol. The first-order valence-corrected chi connectivity index (χ1v) is 12.8. The lowest BCUT2D eigenvalue weighted by molar-refractivity contribution is -0.117. The summed E-state index contributed by atoms with van der Waals surface area (Å²) >= 11 is 1.75. The fourth-order valence-corrected chi connectivity index (χ4v) is 5.42. The van der Waals surface area contributed by atoms with E-state index in [-0.39, 0.29) is 13.2 Å². The second-order valence-corrected chi connectivity index (χ2v) is 9.75. The van der Waals surface area contributed by atoms with E-state index in [0.717, 1.165) is 40.5 Å². The fraction of sp³-hybridized carbons (Fsp3) is 0.321. The molecule has 0 spiro atoms. The topological polar surface area (TPSA) is 97.5 Å². The number of benzene rings is 1. The van der Waals surface area contributed by atoms with Gasteiger partial charge in [0.15, 0.2) is 10.9 Å². The van der Waals surface area contributed by atoms with Crippen molar-refractivity contribution in [2.75, 3.05) is 13.2 Å². The number of aliphatic hydroxyl groups is 2. The van der Waals surface area contributed by atoms with Crippen molar-refractivity contribution in [1.82, 2.24) is 14.5 Å². The lowest BCUT2D eigenvalue weighted by Gasteiger charge is -2.15. The van der Waals surface area contributed by atoms with Gasteiger partial charge in [0.25, 0.3) is 0 Å². The van der Waals surface area contributed by atoms with Crippen LogP contribution in [0.5, 0.6) is 5.75 Å². The summed E-state index contributed by atoms with van der Waals surface area (Å²) in [5.41, 5.74) is 4.04. The van der Waals surface area contributed by atoms with Gasteiger partial charge in [-0.1, -0.05) is 36.4 Å². The van der Waals surface area contributed by atoms with Crippen LogP contribution in [-0.2, 0) is 11.4 Å². The summed E-state index contributed by atoms with van der Waals surface area (Å²) in [5, 5.41) is 19.5. The van der Waals surface area contributed by atoms with Crippen molar-refractivity contribution in [1.29, 1.82) is 0 Å². The van der Waals surface area contributed by atoms with Crippen molar-refractivity contribution in [2.24, 2.45) is 0 Å². The number of thioether (sulfide) groups is 1. The van der Waals surface area contributed by atoms with Crippen molar-refractivity contribution in [3.05, 3.63) is 71.3 Å². The Morgan fingerprint density at radius 2 is 2.11 bits per heavy atom. The minimum atomic E-state index is -0.555.